The summed E-state index contributed by atoms with van der Waals surface area (Å²) in [5, 5.41) is 0.831. The van der Waals surface area contributed by atoms with Crippen molar-refractivity contribution in [3.8, 4) is 0 Å². The van der Waals surface area contributed by atoms with Gasteiger partial charge in [-0.3, -0.25) is 4.79 Å². The molecule has 0 radical (unpaired) electrons. The Hall–Kier alpha value is -3.41. The Morgan fingerprint density at radius 1 is 1.12 bits per heavy atom. The number of aromatic amines is 1. The van der Waals surface area contributed by atoms with Gasteiger partial charge in [0.1, 0.15) is 11.5 Å². The number of imidazole rings is 1. The molecule has 1 N–H and O–H groups in total. The maximum atomic E-state index is 12.9. The molecule has 3 heterocycles. The lowest BCUT2D eigenvalue weighted by atomic mass is 10.2. The fraction of sp³-hybridized carbons (Fsp3) is 0.150. The van der Waals surface area contributed by atoms with Gasteiger partial charge in [0.15, 0.2) is 0 Å². The second kappa shape index (κ2) is 6.84. The zero-order valence-corrected chi connectivity index (χ0v) is 14.5. The van der Waals surface area contributed by atoms with Gasteiger partial charge in [-0.15, -0.1) is 0 Å². The standard InChI is InChI=1S/C20H19N5O/c1-24(20(26)17-12-23-19-16(17)8-5-9-22-19)14-18-21-10-11-25(18)13-15-6-3-2-4-7-15/h2-12H,13-14H2,1H3,(H,22,23). The van der Waals surface area contributed by atoms with Crippen molar-refractivity contribution < 1.29 is 4.79 Å². The summed E-state index contributed by atoms with van der Waals surface area (Å²) < 4.78 is 2.07. The van der Waals surface area contributed by atoms with Crippen LogP contribution in [0.1, 0.15) is 21.7 Å². The number of rotatable bonds is 5. The Balaban J connectivity index is 1.53. The number of nitrogens with zero attached hydrogens (tertiary/aromatic N) is 4. The van der Waals surface area contributed by atoms with Crippen molar-refractivity contribution in [3.63, 3.8) is 0 Å². The van der Waals surface area contributed by atoms with Crippen LogP contribution in [0.25, 0.3) is 11.0 Å². The van der Waals surface area contributed by atoms with Crippen LogP contribution in [0.3, 0.4) is 0 Å². The quantitative estimate of drug-likeness (QED) is 0.604. The molecule has 0 aliphatic rings. The molecule has 130 valence electrons. The lowest BCUT2D eigenvalue weighted by Gasteiger charge is -2.17. The number of nitrogens with one attached hydrogen (secondary N) is 1. The third kappa shape index (κ3) is 3.09. The number of amides is 1. The second-order valence-corrected chi connectivity index (χ2v) is 6.22. The molecule has 0 fully saturated rings. The molecule has 0 aliphatic carbocycles. The fourth-order valence-electron chi connectivity index (χ4n) is 3.04. The molecule has 0 atom stereocenters. The van der Waals surface area contributed by atoms with E-state index in [9.17, 15) is 4.79 Å². The molecule has 0 saturated carbocycles. The summed E-state index contributed by atoms with van der Waals surface area (Å²) in [6.07, 6.45) is 7.13. The Kier molecular flexibility index (Phi) is 4.23. The van der Waals surface area contributed by atoms with E-state index in [0.717, 1.165) is 23.4 Å². The van der Waals surface area contributed by atoms with E-state index in [4.69, 9.17) is 0 Å². The molecule has 26 heavy (non-hydrogen) atoms. The normalized spacial score (nSPS) is 11.0. The van der Waals surface area contributed by atoms with Crippen molar-refractivity contribution in [1.29, 1.82) is 0 Å². The molecule has 0 bridgehead atoms. The van der Waals surface area contributed by atoms with E-state index < -0.39 is 0 Å². The topological polar surface area (TPSA) is 66.8 Å². The van der Waals surface area contributed by atoms with Crippen LogP contribution in [-0.2, 0) is 13.1 Å². The predicted molar refractivity (Wildman–Crippen MR) is 99.7 cm³/mol. The number of carbonyl (C=O) groups is 1. The molecular weight excluding hydrogens is 326 g/mol. The third-order valence-corrected chi connectivity index (χ3v) is 4.40. The summed E-state index contributed by atoms with van der Waals surface area (Å²) in [7, 11) is 1.79. The van der Waals surface area contributed by atoms with Gasteiger partial charge in [-0.25, -0.2) is 9.97 Å². The zero-order valence-electron chi connectivity index (χ0n) is 14.5. The summed E-state index contributed by atoms with van der Waals surface area (Å²) in [5.41, 5.74) is 2.54. The fourth-order valence-corrected chi connectivity index (χ4v) is 3.04. The SMILES string of the molecule is CN(Cc1nccn1Cc1ccccc1)C(=O)c1c[nH]c2ncccc12. The molecule has 1 aromatic carbocycles. The summed E-state index contributed by atoms with van der Waals surface area (Å²) in [6.45, 7) is 1.17. The van der Waals surface area contributed by atoms with Gasteiger partial charge in [-0.05, 0) is 17.7 Å². The minimum Gasteiger partial charge on any atom is -0.345 e. The maximum Gasteiger partial charge on any atom is 0.256 e. The zero-order chi connectivity index (χ0) is 17.9. The van der Waals surface area contributed by atoms with Gasteiger partial charge in [0, 0.05) is 43.8 Å². The molecule has 6 nitrogen and oxygen atoms in total. The monoisotopic (exact) mass is 345 g/mol. The first-order chi connectivity index (χ1) is 12.7. The van der Waals surface area contributed by atoms with Gasteiger partial charge in [0.25, 0.3) is 5.91 Å². The van der Waals surface area contributed by atoms with Crippen LogP contribution in [0.15, 0.2) is 67.3 Å². The van der Waals surface area contributed by atoms with E-state index in [-0.39, 0.29) is 5.91 Å². The molecule has 4 aromatic rings. The average molecular weight is 345 g/mol. The number of fused-ring (bicyclic) bond motifs is 1. The van der Waals surface area contributed by atoms with Crippen molar-refractivity contribution in [2.45, 2.75) is 13.1 Å². The average Bonchev–Trinajstić information content (AvgIpc) is 3.29. The molecular formula is C20H19N5O. The van der Waals surface area contributed by atoms with Gasteiger partial charge in [-0.1, -0.05) is 30.3 Å². The summed E-state index contributed by atoms with van der Waals surface area (Å²) in [4.78, 5) is 26.2. The number of carbonyl (C=O) groups excluding carboxylic acids is 1. The molecule has 4 rings (SSSR count). The highest BCUT2D eigenvalue weighted by Gasteiger charge is 2.18. The number of aromatic nitrogens is 4. The minimum absolute atomic E-state index is 0.0569. The van der Waals surface area contributed by atoms with Gasteiger partial charge in [0.05, 0.1) is 12.1 Å². The van der Waals surface area contributed by atoms with E-state index in [2.05, 4.69) is 31.7 Å². The Morgan fingerprint density at radius 3 is 2.81 bits per heavy atom. The summed E-state index contributed by atoms with van der Waals surface area (Å²) >= 11 is 0. The van der Waals surface area contributed by atoms with Gasteiger partial charge < -0.3 is 14.5 Å². The van der Waals surface area contributed by atoms with E-state index in [1.165, 1.54) is 5.56 Å². The molecule has 1 amide bonds. The van der Waals surface area contributed by atoms with Crippen molar-refractivity contribution >= 4 is 16.9 Å². The number of hydrogen-bond acceptors (Lipinski definition) is 3. The van der Waals surface area contributed by atoms with E-state index in [0.29, 0.717) is 12.1 Å². The molecule has 0 saturated heterocycles. The summed E-state index contributed by atoms with van der Waals surface area (Å²) in [6, 6.07) is 13.9. The minimum atomic E-state index is -0.0569. The van der Waals surface area contributed by atoms with Crippen LogP contribution in [-0.4, -0.2) is 37.4 Å². The highest BCUT2D eigenvalue weighted by atomic mass is 16.2. The van der Waals surface area contributed by atoms with Crippen LogP contribution in [0.4, 0.5) is 0 Å². The van der Waals surface area contributed by atoms with Crippen LogP contribution in [0.5, 0.6) is 0 Å². The smallest absolute Gasteiger partial charge is 0.256 e. The van der Waals surface area contributed by atoms with Crippen LogP contribution >= 0.6 is 0 Å². The lowest BCUT2D eigenvalue weighted by Crippen LogP contribution is -2.27. The highest BCUT2D eigenvalue weighted by Crippen LogP contribution is 2.18. The number of H-pyrrole nitrogens is 1. The van der Waals surface area contributed by atoms with E-state index in [1.807, 2.05) is 36.5 Å². The predicted octanol–water partition coefficient (Wildman–Crippen LogP) is 3.08. The largest absolute Gasteiger partial charge is 0.345 e. The van der Waals surface area contributed by atoms with Crippen molar-refractivity contribution in [1.82, 2.24) is 24.4 Å². The van der Waals surface area contributed by atoms with Crippen LogP contribution in [0, 0.1) is 0 Å². The van der Waals surface area contributed by atoms with E-state index >= 15 is 0 Å². The molecule has 0 spiro atoms. The Morgan fingerprint density at radius 2 is 1.96 bits per heavy atom. The van der Waals surface area contributed by atoms with Crippen LogP contribution < -0.4 is 0 Å². The first-order valence-electron chi connectivity index (χ1n) is 8.44. The maximum absolute atomic E-state index is 12.9. The molecule has 3 aromatic heterocycles. The van der Waals surface area contributed by atoms with Gasteiger partial charge >= 0.3 is 0 Å². The van der Waals surface area contributed by atoms with Crippen molar-refractivity contribution in [2.24, 2.45) is 0 Å². The van der Waals surface area contributed by atoms with Gasteiger partial charge in [0.2, 0.25) is 0 Å². The third-order valence-electron chi connectivity index (χ3n) is 4.40. The molecule has 0 aliphatic heterocycles. The number of pyridine rings is 1. The lowest BCUT2D eigenvalue weighted by molar-refractivity contribution is 0.0782. The van der Waals surface area contributed by atoms with Gasteiger partial charge in [-0.2, -0.15) is 0 Å². The van der Waals surface area contributed by atoms with Crippen LogP contribution in [0.2, 0.25) is 0 Å². The molecule has 6 heteroatoms. The van der Waals surface area contributed by atoms with E-state index in [1.54, 1.807) is 30.5 Å². The Labute approximate surface area is 151 Å². The number of hydrogen-bond donors (Lipinski definition) is 1. The molecule has 0 unspecified atom stereocenters. The first-order valence-corrected chi connectivity index (χ1v) is 8.44. The first kappa shape index (κ1) is 16.1. The van der Waals surface area contributed by atoms with Crippen molar-refractivity contribution in [3.05, 3.63) is 84.2 Å². The number of benzene rings is 1. The van der Waals surface area contributed by atoms with Crippen molar-refractivity contribution in [2.75, 3.05) is 7.05 Å². The second-order valence-electron chi connectivity index (χ2n) is 6.22. The Bertz CT molecular complexity index is 1030. The summed E-state index contributed by atoms with van der Waals surface area (Å²) in [5.74, 6) is 0.793. The highest BCUT2D eigenvalue weighted by molar-refractivity contribution is 6.05.